The molecule has 0 bridgehead atoms. The molecule has 5 heteroatoms. The van der Waals surface area contributed by atoms with E-state index in [1.165, 1.54) is 6.08 Å². The highest BCUT2D eigenvalue weighted by Gasteiger charge is 2.03. The number of halogens is 1. The van der Waals surface area contributed by atoms with Gasteiger partial charge in [-0.3, -0.25) is 0 Å². The Morgan fingerprint density at radius 2 is 2.29 bits per heavy atom. The second kappa shape index (κ2) is 4.84. The van der Waals surface area contributed by atoms with Crippen LogP contribution < -0.4 is 0 Å². The van der Waals surface area contributed by atoms with Crippen molar-refractivity contribution in [3.05, 3.63) is 53.6 Å². The Morgan fingerprint density at radius 1 is 1.47 bits per heavy atom. The number of carbonyl (C=O) groups is 1. The minimum Gasteiger partial charge on any atom is -0.478 e. The molecule has 0 aliphatic carbocycles. The molecule has 0 spiro atoms. The Balaban J connectivity index is 2.48. The Hall–Kier alpha value is -2.07. The van der Waals surface area contributed by atoms with Gasteiger partial charge in [0.15, 0.2) is 0 Å². The van der Waals surface area contributed by atoms with Gasteiger partial charge >= 0.3 is 5.97 Å². The largest absolute Gasteiger partial charge is 0.478 e. The Labute approximate surface area is 103 Å². The van der Waals surface area contributed by atoms with Crippen molar-refractivity contribution in [1.82, 2.24) is 9.55 Å². The van der Waals surface area contributed by atoms with Gasteiger partial charge in [-0.2, -0.15) is 0 Å². The van der Waals surface area contributed by atoms with Crippen molar-refractivity contribution in [2.45, 2.75) is 0 Å². The monoisotopic (exact) mass is 248 g/mol. The maximum Gasteiger partial charge on any atom is 0.328 e. The maximum atomic E-state index is 10.5. The lowest BCUT2D eigenvalue weighted by Gasteiger charge is -2.07. The zero-order valence-corrected chi connectivity index (χ0v) is 9.50. The summed E-state index contributed by atoms with van der Waals surface area (Å²) in [5.41, 5.74) is 1.54. The van der Waals surface area contributed by atoms with Crippen LogP contribution in [-0.2, 0) is 4.79 Å². The van der Waals surface area contributed by atoms with Gasteiger partial charge in [0.05, 0.1) is 12.0 Å². The number of benzene rings is 1. The summed E-state index contributed by atoms with van der Waals surface area (Å²) in [7, 11) is 0. The third kappa shape index (κ3) is 2.73. The highest BCUT2D eigenvalue weighted by molar-refractivity contribution is 6.30. The van der Waals surface area contributed by atoms with E-state index in [4.69, 9.17) is 16.7 Å². The minimum absolute atomic E-state index is 0.555. The summed E-state index contributed by atoms with van der Waals surface area (Å²) in [5, 5.41) is 9.18. The molecule has 0 radical (unpaired) electrons. The summed E-state index contributed by atoms with van der Waals surface area (Å²) in [4.78, 5) is 14.5. The third-order valence-electron chi connectivity index (χ3n) is 2.18. The summed E-state index contributed by atoms with van der Waals surface area (Å²) < 4.78 is 1.79. The van der Waals surface area contributed by atoms with Gasteiger partial charge in [-0.15, -0.1) is 0 Å². The van der Waals surface area contributed by atoms with E-state index in [0.29, 0.717) is 5.02 Å². The van der Waals surface area contributed by atoms with Gasteiger partial charge < -0.3 is 9.67 Å². The highest BCUT2D eigenvalue weighted by Crippen LogP contribution is 2.20. The molecule has 1 aromatic carbocycles. The lowest BCUT2D eigenvalue weighted by atomic mass is 10.1. The molecule has 0 fully saturated rings. The van der Waals surface area contributed by atoms with E-state index in [2.05, 4.69) is 4.98 Å². The molecule has 0 saturated heterocycles. The number of carboxylic acid groups (broad SMARTS) is 1. The molecule has 0 aliphatic heterocycles. The third-order valence-corrected chi connectivity index (χ3v) is 2.41. The van der Waals surface area contributed by atoms with E-state index in [1.54, 1.807) is 35.4 Å². The summed E-state index contributed by atoms with van der Waals surface area (Å²) in [6, 6.07) is 5.26. The lowest BCUT2D eigenvalue weighted by Crippen LogP contribution is -1.94. The van der Waals surface area contributed by atoms with E-state index < -0.39 is 5.97 Å². The molecule has 0 amide bonds. The van der Waals surface area contributed by atoms with Crippen molar-refractivity contribution < 1.29 is 9.90 Å². The number of imidazole rings is 1. The molecule has 4 nitrogen and oxygen atoms in total. The van der Waals surface area contributed by atoms with Crippen LogP contribution in [0.2, 0.25) is 5.02 Å². The summed E-state index contributed by atoms with van der Waals surface area (Å²) in [6.45, 7) is 0. The predicted molar refractivity (Wildman–Crippen MR) is 65.2 cm³/mol. The molecule has 0 aliphatic rings. The first-order valence-electron chi connectivity index (χ1n) is 4.86. The number of aliphatic carboxylic acids is 1. The van der Waals surface area contributed by atoms with E-state index in [9.17, 15) is 4.79 Å². The van der Waals surface area contributed by atoms with Crippen LogP contribution >= 0.6 is 11.6 Å². The smallest absolute Gasteiger partial charge is 0.328 e. The van der Waals surface area contributed by atoms with Crippen LogP contribution in [0.1, 0.15) is 5.56 Å². The Kier molecular flexibility index (Phi) is 3.25. The Morgan fingerprint density at radius 3 is 2.94 bits per heavy atom. The minimum atomic E-state index is -0.999. The van der Waals surface area contributed by atoms with Crippen molar-refractivity contribution in [2.75, 3.05) is 0 Å². The van der Waals surface area contributed by atoms with Gasteiger partial charge in [0, 0.05) is 29.1 Å². The first-order chi connectivity index (χ1) is 8.16. The zero-order valence-electron chi connectivity index (χ0n) is 8.75. The number of carboxylic acids is 1. The van der Waals surface area contributed by atoms with Gasteiger partial charge in [0.2, 0.25) is 0 Å². The van der Waals surface area contributed by atoms with Crippen molar-refractivity contribution >= 4 is 23.6 Å². The molecule has 2 aromatic rings. The van der Waals surface area contributed by atoms with Crippen LogP contribution in [0, 0.1) is 0 Å². The van der Waals surface area contributed by atoms with Gasteiger partial charge in [-0.1, -0.05) is 11.6 Å². The number of hydrogen-bond acceptors (Lipinski definition) is 2. The molecular formula is C12H9ClN2O2. The van der Waals surface area contributed by atoms with E-state index >= 15 is 0 Å². The Bertz CT molecular complexity index is 562. The molecule has 2 rings (SSSR count). The summed E-state index contributed by atoms with van der Waals surface area (Å²) >= 11 is 5.89. The fourth-order valence-corrected chi connectivity index (χ4v) is 1.64. The van der Waals surface area contributed by atoms with Crippen LogP contribution in [0.3, 0.4) is 0 Å². The van der Waals surface area contributed by atoms with Crippen LogP contribution in [-0.4, -0.2) is 20.6 Å². The van der Waals surface area contributed by atoms with Crippen molar-refractivity contribution in [3.8, 4) is 5.69 Å². The average Bonchev–Trinajstić information content (AvgIpc) is 2.80. The SMILES string of the molecule is O=C(O)C=Cc1cc(Cl)ccc1-n1ccnc1. The predicted octanol–water partition coefficient (Wildman–Crippen LogP) is 2.62. The summed E-state index contributed by atoms with van der Waals surface area (Å²) in [6.07, 6.45) is 7.65. The fraction of sp³-hybridized carbons (Fsp3) is 0. The quantitative estimate of drug-likeness (QED) is 0.850. The van der Waals surface area contributed by atoms with Crippen molar-refractivity contribution in [1.29, 1.82) is 0 Å². The number of nitrogens with zero attached hydrogens (tertiary/aromatic N) is 2. The average molecular weight is 249 g/mol. The lowest BCUT2D eigenvalue weighted by molar-refractivity contribution is -0.131. The normalized spacial score (nSPS) is 10.9. The molecule has 17 heavy (non-hydrogen) atoms. The standard InChI is InChI=1S/C12H9ClN2O2/c13-10-2-3-11(15-6-5-14-8-15)9(7-10)1-4-12(16)17/h1-8H,(H,16,17). The highest BCUT2D eigenvalue weighted by atomic mass is 35.5. The molecular weight excluding hydrogens is 240 g/mol. The molecule has 0 unspecified atom stereocenters. The van der Waals surface area contributed by atoms with Crippen molar-refractivity contribution in [2.24, 2.45) is 0 Å². The number of aromatic nitrogens is 2. The van der Waals surface area contributed by atoms with E-state index in [-0.39, 0.29) is 0 Å². The first kappa shape index (κ1) is 11.4. The zero-order chi connectivity index (χ0) is 12.3. The fourth-order valence-electron chi connectivity index (χ4n) is 1.46. The van der Waals surface area contributed by atoms with Crippen LogP contribution in [0.15, 0.2) is 43.0 Å². The second-order valence-electron chi connectivity index (χ2n) is 3.34. The number of rotatable bonds is 3. The number of hydrogen-bond donors (Lipinski definition) is 1. The molecule has 0 atom stereocenters. The second-order valence-corrected chi connectivity index (χ2v) is 3.78. The molecule has 1 N–H and O–H groups in total. The van der Waals surface area contributed by atoms with Gasteiger partial charge in [0.1, 0.15) is 0 Å². The molecule has 86 valence electrons. The molecule has 1 heterocycles. The van der Waals surface area contributed by atoms with Crippen LogP contribution in [0.25, 0.3) is 11.8 Å². The maximum absolute atomic E-state index is 10.5. The van der Waals surface area contributed by atoms with Gasteiger partial charge in [0.25, 0.3) is 0 Å². The van der Waals surface area contributed by atoms with E-state index in [0.717, 1.165) is 17.3 Å². The van der Waals surface area contributed by atoms with Crippen LogP contribution in [0.4, 0.5) is 0 Å². The molecule has 1 aromatic heterocycles. The van der Waals surface area contributed by atoms with E-state index in [1.807, 2.05) is 6.07 Å². The van der Waals surface area contributed by atoms with Gasteiger partial charge in [-0.05, 0) is 24.3 Å². The molecule has 0 saturated carbocycles. The topological polar surface area (TPSA) is 55.1 Å². The van der Waals surface area contributed by atoms with Crippen LogP contribution in [0.5, 0.6) is 0 Å². The summed E-state index contributed by atoms with van der Waals surface area (Å²) in [5.74, 6) is -0.999. The van der Waals surface area contributed by atoms with Crippen molar-refractivity contribution in [3.63, 3.8) is 0 Å². The van der Waals surface area contributed by atoms with Gasteiger partial charge in [-0.25, -0.2) is 9.78 Å². The first-order valence-corrected chi connectivity index (χ1v) is 5.23.